The lowest BCUT2D eigenvalue weighted by Gasteiger charge is -2.04. The molecule has 0 radical (unpaired) electrons. The molecule has 4 nitrogen and oxygen atoms in total. The topological polar surface area (TPSA) is 60.4 Å². The molecule has 0 fully saturated rings. The average molecular weight is 297 g/mol. The summed E-state index contributed by atoms with van der Waals surface area (Å²) in [4.78, 5) is 11.2. The van der Waals surface area contributed by atoms with E-state index in [1.807, 2.05) is 0 Å². The number of hydrogen-bond donors (Lipinski definition) is 0. The number of ketones is 1. The molecule has 0 atom stereocenters. The zero-order valence-corrected chi connectivity index (χ0v) is 11.3. The molecular weight excluding hydrogens is 287 g/mol. The Morgan fingerprint density at radius 3 is 2.47 bits per heavy atom. The van der Waals surface area contributed by atoms with Crippen molar-refractivity contribution >= 4 is 38.8 Å². The molecule has 0 amide bonds. The Morgan fingerprint density at radius 1 is 1.29 bits per heavy atom. The minimum Gasteiger partial charge on any atom is -0.377 e. The second kappa shape index (κ2) is 5.82. The van der Waals surface area contributed by atoms with Gasteiger partial charge in [0.25, 0.3) is 0 Å². The van der Waals surface area contributed by atoms with Gasteiger partial charge in [-0.15, -0.1) is 0 Å². The molecule has 0 bridgehead atoms. The van der Waals surface area contributed by atoms with Crippen LogP contribution in [0, 0.1) is 0 Å². The summed E-state index contributed by atoms with van der Waals surface area (Å²) in [5.41, 5.74) is 0. The van der Waals surface area contributed by atoms with Gasteiger partial charge in [0, 0.05) is 7.11 Å². The fourth-order valence-corrected chi connectivity index (χ4v) is 2.78. The molecule has 0 spiro atoms. The average Bonchev–Trinajstić information content (AvgIpc) is 2.21. The summed E-state index contributed by atoms with van der Waals surface area (Å²) >= 11 is 11.4. The normalized spacial score (nSPS) is 11.5. The number of rotatable bonds is 5. The molecule has 0 aromatic heterocycles. The first-order valence-electron chi connectivity index (χ1n) is 4.55. The first-order valence-corrected chi connectivity index (χ1v) is 6.96. The Kier molecular flexibility index (Phi) is 4.94. The number of hydrogen-bond acceptors (Lipinski definition) is 4. The zero-order chi connectivity index (χ0) is 13.1. The van der Waals surface area contributed by atoms with Crippen LogP contribution < -0.4 is 0 Å². The quantitative estimate of drug-likeness (QED) is 0.834. The van der Waals surface area contributed by atoms with E-state index in [1.165, 1.54) is 25.3 Å². The van der Waals surface area contributed by atoms with E-state index in [0.29, 0.717) is 0 Å². The van der Waals surface area contributed by atoms with Gasteiger partial charge in [-0.1, -0.05) is 23.2 Å². The Morgan fingerprint density at radius 2 is 1.94 bits per heavy atom. The summed E-state index contributed by atoms with van der Waals surface area (Å²) in [5.74, 6) is -1.13. The molecule has 0 N–H and O–H groups in total. The lowest BCUT2D eigenvalue weighted by molar-refractivity contribution is -0.120. The van der Waals surface area contributed by atoms with Crippen molar-refractivity contribution < 1.29 is 17.9 Å². The largest absolute Gasteiger partial charge is 0.377 e. The van der Waals surface area contributed by atoms with E-state index in [1.54, 1.807) is 0 Å². The summed E-state index contributed by atoms with van der Waals surface area (Å²) in [5, 5.41) is 0.390. The molecule has 94 valence electrons. The van der Waals surface area contributed by atoms with Crippen LogP contribution in [0.25, 0.3) is 0 Å². The monoisotopic (exact) mass is 296 g/mol. The van der Waals surface area contributed by atoms with Crippen molar-refractivity contribution in [1.82, 2.24) is 0 Å². The highest BCUT2D eigenvalue weighted by Gasteiger charge is 2.19. The molecular formula is C10H10Cl2O4S. The lowest BCUT2D eigenvalue weighted by Crippen LogP contribution is -2.19. The molecule has 0 aliphatic heterocycles. The number of Topliss-reactive ketones (excluding diaryl/α,β-unsaturated/α-hetero) is 1. The van der Waals surface area contributed by atoms with Gasteiger partial charge in [0.1, 0.15) is 12.4 Å². The molecule has 0 unspecified atom stereocenters. The second-order valence-electron chi connectivity index (χ2n) is 3.31. The Hall–Kier alpha value is -0.620. The molecule has 0 saturated carbocycles. The molecule has 0 aliphatic carbocycles. The van der Waals surface area contributed by atoms with Crippen LogP contribution in [0.3, 0.4) is 0 Å². The predicted molar refractivity (Wildman–Crippen MR) is 65.4 cm³/mol. The van der Waals surface area contributed by atoms with Crippen LogP contribution in [0.1, 0.15) is 0 Å². The molecule has 7 heteroatoms. The van der Waals surface area contributed by atoms with Crippen LogP contribution in [0.2, 0.25) is 10.0 Å². The highest BCUT2D eigenvalue weighted by atomic mass is 35.5. The van der Waals surface area contributed by atoms with Gasteiger partial charge in [0.2, 0.25) is 0 Å². The Bertz CT molecular complexity index is 525. The second-order valence-corrected chi connectivity index (χ2v) is 6.11. The third-order valence-corrected chi connectivity index (χ3v) is 4.32. The molecule has 1 aromatic carbocycles. The Labute approximate surface area is 109 Å². The van der Waals surface area contributed by atoms with Crippen LogP contribution in [0.5, 0.6) is 0 Å². The van der Waals surface area contributed by atoms with Crippen molar-refractivity contribution in [3.63, 3.8) is 0 Å². The predicted octanol–water partition coefficient (Wildman–Crippen LogP) is 1.98. The van der Waals surface area contributed by atoms with Gasteiger partial charge >= 0.3 is 0 Å². The molecule has 17 heavy (non-hydrogen) atoms. The van der Waals surface area contributed by atoms with E-state index >= 15 is 0 Å². The van der Waals surface area contributed by atoms with Crippen LogP contribution >= 0.6 is 23.2 Å². The third kappa shape index (κ3) is 3.96. The Balaban J connectivity index is 2.97. The summed E-state index contributed by atoms with van der Waals surface area (Å²) in [6.07, 6.45) is 0. The van der Waals surface area contributed by atoms with Crippen molar-refractivity contribution in [1.29, 1.82) is 0 Å². The van der Waals surface area contributed by atoms with Gasteiger partial charge in [-0.25, -0.2) is 8.42 Å². The summed E-state index contributed by atoms with van der Waals surface area (Å²) in [7, 11) is -2.37. The van der Waals surface area contributed by atoms with Crippen molar-refractivity contribution in [3.05, 3.63) is 28.2 Å². The van der Waals surface area contributed by atoms with Gasteiger partial charge in [0.15, 0.2) is 15.6 Å². The van der Waals surface area contributed by atoms with Crippen LogP contribution in [-0.4, -0.2) is 33.7 Å². The first-order chi connectivity index (χ1) is 7.86. The molecule has 0 saturated heterocycles. The lowest BCUT2D eigenvalue weighted by atomic mass is 10.4. The van der Waals surface area contributed by atoms with Gasteiger partial charge in [-0.3, -0.25) is 4.79 Å². The highest BCUT2D eigenvalue weighted by molar-refractivity contribution is 7.92. The van der Waals surface area contributed by atoms with Gasteiger partial charge in [-0.2, -0.15) is 0 Å². The standard InChI is InChI=1S/C10H10Cl2O4S/c1-16-5-7(13)6-17(14,15)8-2-3-9(11)10(12)4-8/h2-4H,5-6H2,1H3. The van der Waals surface area contributed by atoms with Crippen molar-refractivity contribution in [2.45, 2.75) is 4.90 Å². The van der Waals surface area contributed by atoms with Gasteiger partial charge in [0.05, 0.1) is 14.9 Å². The molecule has 0 aliphatic rings. The highest BCUT2D eigenvalue weighted by Crippen LogP contribution is 2.25. The number of halogens is 2. The van der Waals surface area contributed by atoms with E-state index < -0.39 is 21.4 Å². The van der Waals surface area contributed by atoms with Crippen molar-refractivity contribution in [2.75, 3.05) is 19.5 Å². The van der Waals surface area contributed by atoms with Crippen molar-refractivity contribution in [3.8, 4) is 0 Å². The third-order valence-electron chi connectivity index (χ3n) is 1.91. The fraction of sp³-hybridized carbons (Fsp3) is 0.300. The van der Waals surface area contributed by atoms with E-state index in [2.05, 4.69) is 4.74 Å². The summed E-state index contributed by atoms with van der Waals surface area (Å²) in [6, 6.07) is 3.90. The maximum atomic E-state index is 11.8. The minimum absolute atomic E-state index is 0.0312. The van der Waals surface area contributed by atoms with E-state index in [0.717, 1.165) is 0 Å². The summed E-state index contributed by atoms with van der Waals surface area (Å²) < 4.78 is 28.2. The number of sulfone groups is 1. The number of carbonyl (C=O) groups is 1. The van der Waals surface area contributed by atoms with Gasteiger partial charge in [-0.05, 0) is 18.2 Å². The number of ether oxygens (including phenoxy) is 1. The van der Waals surface area contributed by atoms with Crippen LogP contribution in [-0.2, 0) is 19.4 Å². The first kappa shape index (κ1) is 14.4. The van der Waals surface area contributed by atoms with Gasteiger partial charge < -0.3 is 4.74 Å². The smallest absolute Gasteiger partial charge is 0.185 e. The molecule has 1 aromatic rings. The molecule has 1 rings (SSSR count). The SMILES string of the molecule is COCC(=O)CS(=O)(=O)c1ccc(Cl)c(Cl)c1. The van der Waals surface area contributed by atoms with E-state index in [9.17, 15) is 13.2 Å². The van der Waals surface area contributed by atoms with Crippen LogP contribution in [0.15, 0.2) is 23.1 Å². The maximum absolute atomic E-state index is 11.8. The van der Waals surface area contributed by atoms with E-state index in [-0.39, 0.29) is 21.5 Å². The number of carbonyl (C=O) groups excluding carboxylic acids is 1. The van der Waals surface area contributed by atoms with E-state index in [4.69, 9.17) is 23.2 Å². The molecule has 0 heterocycles. The zero-order valence-electron chi connectivity index (χ0n) is 8.94. The fourth-order valence-electron chi connectivity index (χ4n) is 1.17. The number of methoxy groups -OCH3 is 1. The van der Waals surface area contributed by atoms with Crippen molar-refractivity contribution in [2.24, 2.45) is 0 Å². The number of benzene rings is 1. The van der Waals surface area contributed by atoms with Crippen LogP contribution in [0.4, 0.5) is 0 Å². The summed E-state index contributed by atoms with van der Waals surface area (Å²) in [6.45, 7) is -0.236. The maximum Gasteiger partial charge on any atom is 0.185 e. The minimum atomic E-state index is -3.69.